The van der Waals surface area contributed by atoms with Crippen LogP contribution in [0.1, 0.15) is 23.2 Å². The number of carboxylic acids is 1. The Bertz CT molecular complexity index is 664. The molecule has 3 rings (SSSR count). The molecule has 2 heterocycles. The summed E-state index contributed by atoms with van der Waals surface area (Å²) < 4.78 is 0. The zero-order valence-electron chi connectivity index (χ0n) is 12.0. The van der Waals surface area contributed by atoms with Gasteiger partial charge in [0, 0.05) is 11.4 Å². The van der Waals surface area contributed by atoms with E-state index in [1.54, 1.807) is 12.1 Å². The number of rotatable bonds is 3. The molecule has 5 nitrogen and oxygen atoms in total. The van der Waals surface area contributed by atoms with E-state index < -0.39 is 5.97 Å². The lowest BCUT2D eigenvalue weighted by Crippen LogP contribution is -2.36. The lowest BCUT2D eigenvalue weighted by Gasteiger charge is -2.29. The Hall–Kier alpha value is -2.14. The fraction of sp³-hybridized carbons (Fsp3) is 0.375. The van der Waals surface area contributed by atoms with Crippen molar-refractivity contribution in [3.05, 3.63) is 35.9 Å². The van der Waals surface area contributed by atoms with Crippen LogP contribution in [0.2, 0.25) is 0 Å². The van der Waals surface area contributed by atoms with Gasteiger partial charge >= 0.3 is 5.97 Å². The van der Waals surface area contributed by atoms with Gasteiger partial charge in [0.15, 0.2) is 0 Å². The molecule has 0 atom stereocenters. The zero-order chi connectivity index (χ0) is 14.8. The summed E-state index contributed by atoms with van der Waals surface area (Å²) >= 11 is 0. The van der Waals surface area contributed by atoms with Gasteiger partial charge in [-0.1, -0.05) is 6.07 Å². The molecule has 0 unspecified atom stereocenters. The van der Waals surface area contributed by atoms with Gasteiger partial charge in [-0.3, -0.25) is 0 Å². The molecule has 1 aliphatic heterocycles. The number of benzene rings is 1. The van der Waals surface area contributed by atoms with Crippen molar-refractivity contribution in [1.29, 1.82) is 0 Å². The minimum Gasteiger partial charge on any atom is -0.478 e. The fourth-order valence-corrected chi connectivity index (χ4v) is 2.78. The Morgan fingerprint density at radius 1 is 1.29 bits per heavy atom. The predicted molar refractivity (Wildman–Crippen MR) is 82.8 cm³/mol. The van der Waals surface area contributed by atoms with Gasteiger partial charge in [0.25, 0.3) is 0 Å². The largest absolute Gasteiger partial charge is 0.478 e. The highest BCUT2D eigenvalue weighted by Gasteiger charge is 2.17. The summed E-state index contributed by atoms with van der Waals surface area (Å²) in [5.74, 6) is -0.0991. The zero-order valence-corrected chi connectivity index (χ0v) is 12.0. The van der Waals surface area contributed by atoms with Crippen LogP contribution in [-0.4, -0.2) is 47.1 Å². The quantitative estimate of drug-likeness (QED) is 0.906. The van der Waals surface area contributed by atoms with Crippen molar-refractivity contribution in [3.8, 4) is 0 Å². The molecule has 0 bridgehead atoms. The number of carbonyl (C=O) groups is 1. The Balaban J connectivity index is 1.83. The van der Waals surface area contributed by atoms with Crippen LogP contribution in [0.4, 0.5) is 5.82 Å². The molecule has 5 heteroatoms. The molecule has 2 N–H and O–H groups in total. The molecule has 110 valence electrons. The van der Waals surface area contributed by atoms with Gasteiger partial charge in [-0.05, 0) is 57.2 Å². The first-order valence-electron chi connectivity index (χ1n) is 7.21. The molecule has 21 heavy (non-hydrogen) atoms. The van der Waals surface area contributed by atoms with E-state index in [1.165, 1.54) is 0 Å². The van der Waals surface area contributed by atoms with E-state index in [0.717, 1.165) is 31.7 Å². The van der Waals surface area contributed by atoms with Gasteiger partial charge in [-0.25, -0.2) is 9.78 Å². The first-order chi connectivity index (χ1) is 10.1. The molecule has 1 aromatic carbocycles. The molecule has 0 aliphatic carbocycles. The highest BCUT2D eigenvalue weighted by atomic mass is 16.4. The Morgan fingerprint density at radius 2 is 2.05 bits per heavy atom. The van der Waals surface area contributed by atoms with Crippen molar-refractivity contribution in [3.63, 3.8) is 0 Å². The van der Waals surface area contributed by atoms with Gasteiger partial charge in [0.2, 0.25) is 0 Å². The lowest BCUT2D eigenvalue weighted by atomic mass is 10.1. The van der Waals surface area contributed by atoms with E-state index in [1.807, 2.05) is 18.2 Å². The summed E-state index contributed by atoms with van der Waals surface area (Å²) in [7, 11) is 2.14. The molecule has 0 spiro atoms. The molecular weight excluding hydrogens is 266 g/mol. The van der Waals surface area contributed by atoms with Crippen molar-refractivity contribution >= 4 is 22.7 Å². The molecule has 1 aliphatic rings. The average Bonchev–Trinajstić information content (AvgIpc) is 2.48. The van der Waals surface area contributed by atoms with Gasteiger partial charge in [-0.15, -0.1) is 0 Å². The SMILES string of the molecule is CN1CCC(Nc2ccc3c(C(=O)O)cccc3n2)CC1. The summed E-state index contributed by atoms with van der Waals surface area (Å²) in [4.78, 5) is 18.1. The molecule has 2 aromatic rings. The third-order valence-electron chi connectivity index (χ3n) is 4.03. The number of hydrogen-bond acceptors (Lipinski definition) is 4. The number of nitrogens with one attached hydrogen (secondary N) is 1. The summed E-state index contributed by atoms with van der Waals surface area (Å²) in [6, 6.07) is 9.33. The van der Waals surface area contributed by atoms with Crippen LogP contribution in [0.25, 0.3) is 10.9 Å². The number of piperidine rings is 1. The monoisotopic (exact) mass is 285 g/mol. The second-order valence-electron chi connectivity index (χ2n) is 5.60. The topological polar surface area (TPSA) is 65.5 Å². The highest BCUT2D eigenvalue weighted by Crippen LogP contribution is 2.21. The number of aromatic nitrogens is 1. The van der Waals surface area contributed by atoms with E-state index in [4.69, 9.17) is 0 Å². The van der Waals surface area contributed by atoms with Crippen LogP contribution in [-0.2, 0) is 0 Å². The number of aromatic carboxylic acids is 1. The van der Waals surface area contributed by atoms with E-state index in [9.17, 15) is 9.90 Å². The summed E-state index contributed by atoms with van der Waals surface area (Å²) in [5, 5.41) is 13.3. The molecule has 1 fully saturated rings. The van der Waals surface area contributed by atoms with Crippen molar-refractivity contribution in [1.82, 2.24) is 9.88 Å². The smallest absolute Gasteiger partial charge is 0.336 e. The predicted octanol–water partition coefficient (Wildman–Crippen LogP) is 2.44. The molecule has 1 aromatic heterocycles. The fourth-order valence-electron chi connectivity index (χ4n) is 2.78. The summed E-state index contributed by atoms with van der Waals surface area (Å²) in [6.45, 7) is 2.18. The third-order valence-corrected chi connectivity index (χ3v) is 4.03. The molecule has 0 amide bonds. The lowest BCUT2D eigenvalue weighted by molar-refractivity contribution is 0.0699. The second-order valence-corrected chi connectivity index (χ2v) is 5.60. The molecular formula is C16H19N3O2. The normalized spacial score (nSPS) is 17.0. The van der Waals surface area contributed by atoms with E-state index in [0.29, 0.717) is 22.5 Å². The third kappa shape index (κ3) is 2.97. The minimum atomic E-state index is -0.918. The number of anilines is 1. The number of fused-ring (bicyclic) bond motifs is 1. The Labute approximate surface area is 123 Å². The van der Waals surface area contributed by atoms with Crippen molar-refractivity contribution in [2.45, 2.75) is 18.9 Å². The van der Waals surface area contributed by atoms with Gasteiger partial charge < -0.3 is 15.3 Å². The van der Waals surface area contributed by atoms with Crippen molar-refractivity contribution in [2.75, 3.05) is 25.5 Å². The maximum atomic E-state index is 11.2. The number of carboxylic acid groups (broad SMARTS) is 1. The molecule has 1 saturated heterocycles. The first-order valence-corrected chi connectivity index (χ1v) is 7.21. The van der Waals surface area contributed by atoms with Crippen LogP contribution in [0.15, 0.2) is 30.3 Å². The minimum absolute atomic E-state index is 0.297. The Kier molecular flexibility index (Phi) is 3.75. The van der Waals surface area contributed by atoms with Crippen molar-refractivity contribution < 1.29 is 9.90 Å². The van der Waals surface area contributed by atoms with Crippen LogP contribution < -0.4 is 5.32 Å². The van der Waals surface area contributed by atoms with E-state index in [-0.39, 0.29) is 0 Å². The van der Waals surface area contributed by atoms with E-state index in [2.05, 4.69) is 22.2 Å². The van der Waals surface area contributed by atoms with E-state index >= 15 is 0 Å². The number of nitrogens with zero attached hydrogens (tertiary/aromatic N) is 2. The highest BCUT2D eigenvalue weighted by molar-refractivity contribution is 6.02. The molecule has 0 radical (unpaired) electrons. The standard InChI is InChI=1S/C16H19N3O2/c1-19-9-7-11(8-10-19)17-15-6-5-12-13(16(20)21)3-2-4-14(12)18-15/h2-6,11H,7-10H2,1H3,(H,17,18)(H,20,21). The van der Waals surface area contributed by atoms with Crippen LogP contribution in [0.3, 0.4) is 0 Å². The Morgan fingerprint density at radius 3 is 2.76 bits per heavy atom. The summed E-state index contributed by atoms with van der Waals surface area (Å²) in [5.41, 5.74) is 1.01. The number of hydrogen-bond donors (Lipinski definition) is 2. The maximum absolute atomic E-state index is 11.2. The van der Waals surface area contributed by atoms with Gasteiger partial charge in [0.1, 0.15) is 5.82 Å². The number of pyridine rings is 1. The first kappa shape index (κ1) is 13.8. The number of likely N-dealkylation sites (tertiary alicyclic amines) is 1. The van der Waals surface area contributed by atoms with Gasteiger partial charge in [0.05, 0.1) is 11.1 Å². The average molecular weight is 285 g/mol. The van der Waals surface area contributed by atoms with Crippen molar-refractivity contribution in [2.24, 2.45) is 0 Å². The summed E-state index contributed by atoms with van der Waals surface area (Å²) in [6.07, 6.45) is 2.21. The molecule has 0 saturated carbocycles. The maximum Gasteiger partial charge on any atom is 0.336 e. The van der Waals surface area contributed by atoms with Crippen LogP contribution in [0.5, 0.6) is 0 Å². The second kappa shape index (κ2) is 5.69. The van der Waals surface area contributed by atoms with Crippen LogP contribution in [0, 0.1) is 0 Å². The van der Waals surface area contributed by atoms with Crippen LogP contribution >= 0.6 is 0 Å². The van der Waals surface area contributed by atoms with Gasteiger partial charge in [-0.2, -0.15) is 0 Å².